The van der Waals surface area contributed by atoms with Crippen LogP contribution in [0.3, 0.4) is 0 Å². The molecule has 0 radical (unpaired) electrons. The Morgan fingerprint density at radius 3 is 2.68 bits per heavy atom. The lowest BCUT2D eigenvalue weighted by Crippen LogP contribution is -2.24. The van der Waals surface area contributed by atoms with E-state index >= 15 is 0 Å². The van der Waals surface area contributed by atoms with Crippen molar-refractivity contribution >= 4 is 0 Å². The minimum atomic E-state index is 0.345. The summed E-state index contributed by atoms with van der Waals surface area (Å²) in [5, 5.41) is 3.63. The summed E-state index contributed by atoms with van der Waals surface area (Å²) in [6.07, 6.45) is 7.08. The molecular formula is C16H28N2O. The molecule has 108 valence electrons. The number of hydrogen-bond donors (Lipinski definition) is 1. The molecule has 1 aromatic rings. The van der Waals surface area contributed by atoms with Crippen LogP contribution in [-0.4, -0.2) is 18.6 Å². The van der Waals surface area contributed by atoms with E-state index in [0.717, 1.165) is 25.1 Å². The number of pyridine rings is 1. The number of nitrogens with zero attached hydrogens (tertiary/aromatic N) is 1. The maximum Gasteiger partial charge on any atom is 0.141 e. The van der Waals surface area contributed by atoms with Crippen molar-refractivity contribution < 1.29 is 4.74 Å². The van der Waals surface area contributed by atoms with Gasteiger partial charge >= 0.3 is 0 Å². The lowest BCUT2D eigenvalue weighted by molar-refractivity contribution is 0.325. The van der Waals surface area contributed by atoms with Crippen molar-refractivity contribution in [3.8, 4) is 5.75 Å². The van der Waals surface area contributed by atoms with Crippen molar-refractivity contribution in [1.82, 2.24) is 10.3 Å². The summed E-state index contributed by atoms with van der Waals surface area (Å²) < 4.78 is 5.44. The van der Waals surface area contributed by atoms with Crippen LogP contribution in [0.1, 0.15) is 58.6 Å². The van der Waals surface area contributed by atoms with Crippen LogP contribution < -0.4 is 10.1 Å². The first-order chi connectivity index (χ1) is 8.98. The van der Waals surface area contributed by atoms with Gasteiger partial charge in [0.2, 0.25) is 0 Å². The molecule has 0 aliphatic rings. The molecule has 1 N–H and O–H groups in total. The predicted octanol–water partition coefficient (Wildman–Crippen LogP) is 3.96. The second-order valence-electron chi connectivity index (χ2n) is 6.22. The topological polar surface area (TPSA) is 34.2 Å². The lowest BCUT2D eigenvalue weighted by atomic mass is 9.87. The fourth-order valence-electron chi connectivity index (χ4n) is 2.11. The fraction of sp³-hybridized carbons (Fsp3) is 0.688. The molecule has 0 bridgehead atoms. The van der Waals surface area contributed by atoms with Gasteiger partial charge in [-0.15, -0.1) is 0 Å². The molecule has 0 amide bonds. The van der Waals surface area contributed by atoms with Crippen molar-refractivity contribution in [2.75, 3.05) is 13.7 Å². The van der Waals surface area contributed by atoms with Crippen LogP contribution in [0.15, 0.2) is 18.5 Å². The molecule has 0 saturated carbocycles. The third-order valence-electron chi connectivity index (χ3n) is 3.24. The average Bonchev–Trinajstić information content (AvgIpc) is 2.38. The van der Waals surface area contributed by atoms with Crippen LogP contribution in [-0.2, 0) is 0 Å². The molecule has 0 aliphatic heterocycles. The number of aromatic nitrogens is 1. The Morgan fingerprint density at radius 2 is 2.11 bits per heavy atom. The second-order valence-corrected chi connectivity index (χ2v) is 6.22. The predicted molar refractivity (Wildman–Crippen MR) is 80.5 cm³/mol. The van der Waals surface area contributed by atoms with Gasteiger partial charge in [0, 0.05) is 17.8 Å². The summed E-state index contributed by atoms with van der Waals surface area (Å²) >= 11 is 0. The molecule has 3 heteroatoms. The lowest BCUT2D eigenvalue weighted by Gasteiger charge is -2.25. The quantitative estimate of drug-likeness (QED) is 0.809. The Balaban J connectivity index is 2.82. The van der Waals surface area contributed by atoms with Gasteiger partial charge in [-0.3, -0.25) is 4.98 Å². The van der Waals surface area contributed by atoms with Gasteiger partial charge in [-0.25, -0.2) is 0 Å². The van der Waals surface area contributed by atoms with E-state index in [9.17, 15) is 0 Å². The molecular weight excluding hydrogens is 236 g/mol. The average molecular weight is 264 g/mol. The minimum absolute atomic E-state index is 0.345. The van der Waals surface area contributed by atoms with Gasteiger partial charge in [0.25, 0.3) is 0 Å². The highest BCUT2D eigenvalue weighted by Gasteiger charge is 2.19. The van der Waals surface area contributed by atoms with E-state index in [4.69, 9.17) is 4.74 Å². The Labute approximate surface area is 117 Å². The monoisotopic (exact) mass is 264 g/mol. The van der Waals surface area contributed by atoms with Crippen molar-refractivity contribution in [2.45, 2.75) is 53.0 Å². The van der Waals surface area contributed by atoms with Crippen molar-refractivity contribution in [1.29, 1.82) is 0 Å². The number of nitrogens with one attached hydrogen (secondary N) is 1. The van der Waals surface area contributed by atoms with Gasteiger partial charge < -0.3 is 10.1 Å². The highest BCUT2D eigenvalue weighted by molar-refractivity contribution is 5.32. The zero-order valence-corrected chi connectivity index (χ0v) is 13.0. The molecule has 0 aliphatic carbocycles. The Kier molecular flexibility index (Phi) is 6.29. The molecule has 1 atom stereocenters. The Bertz CT molecular complexity index is 371. The summed E-state index contributed by atoms with van der Waals surface area (Å²) in [5.41, 5.74) is 1.57. The molecule has 0 fully saturated rings. The first kappa shape index (κ1) is 16.0. The fourth-order valence-corrected chi connectivity index (χ4v) is 2.11. The summed E-state index contributed by atoms with van der Waals surface area (Å²) in [7, 11) is 1.71. The molecule has 0 aromatic carbocycles. The van der Waals surface area contributed by atoms with Gasteiger partial charge in [-0.1, -0.05) is 27.7 Å². The van der Waals surface area contributed by atoms with E-state index in [2.05, 4.69) is 44.1 Å². The third kappa shape index (κ3) is 5.60. The summed E-state index contributed by atoms with van der Waals surface area (Å²) in [6, 6.07) is 2.41. The van der Waals surface area contributed by atoms with Crippen molar-refractivity contribution in [2.24, 2.45) is 5.41 Å². The third-order valence-corrected chi connectivity index (χ3v) is 3.24. The van der Waals surface area contributed by atoms with Crippen LogP contribution in [0.4, 0.5) is 0 Å². The normalized spacial score (nSPS) is 13.3. The SMILES string of the molecule is CCCNC(CCC(C)(C)C)c1ccncc1OC. The Morgan fingerprint density at radius 1 is 1.37 bits per heavy atom. The summed E-state index contributed by atoms with van der Waals surface area (Å²) in [6.45, 7) is 10.1. The highest BCUT2D eigenvalue weighted by atomic mass is 16.5. The summed E-state index contributed by atoms with van der Waals surface area (Å²) in [5.74, 6) is 0.880. The zero-order valence-electron chi connectivity index (χ0n) is 13.0. The number of ether oxygens (including phenoxy) is 1. The molecule has 1 aromatic heterocycles. The molecule has 0 saturated heterocycles. The Hall–Kier alpha value is -1.09. The molecule has 0 spiro atoms. The van der Waals surface area contributed by atoms with Crippen LogP contribution in [0, 0.1) is 5.41 Å². The van der Waals surface area contributed by atoms with Crippen molar-refractivity contribution in [3.63, 3.8) is 0 Å². The zero-order chi connectivity index (χ0) is 14.3. The second kappa shape index (κ2) is 7.49. The largest absolute Gasteiger partial charge is 0.495 e. The van der Waals surface area contributed by atoms with Crippen molar-refractivity contribution in [3.05, 3.63) is 24.0 Å². The molecule has 1 heterocycles. The summed E-state index contributed by atoms with van der Waals surface area (Å²) in [4.78, 5) is 4.13. The van der Waals surface area contributed by atoms with E-state index in [-0.39, 0.29) is 0 Å². The van der Waals surface area contributed by atoms with Crippen LogP contribution >= 0.6 is 0 Å². The first-order valence-electron chi connectivity index (χ1n) is 7.19. The van der Waals surface area contributed by atoms with E-state index in [1.807, 2.05) is 6.20 Å². The maximum atomic E-state index is 5.44. The van der Waals surface area contributed by atoms with Crippen LogP contribution in [0.5, 0.6) is 5.75 Å². The van der Waals surface area contributed by atoms with E-state index < -0.39 is 0 Å². The number of methoxy groups -OCH3 is 1. The van der Waals surface area contributed by atoms with E-state index in [1.165, 1.54) is 12.0 Å². The molecule has 19 heavy (non-hydrogen) atoms. The smallest absolute Gasteiger partial charge is 0.141 e. The number of hydrogen-bond acceptors (Lipinski definition) is 3. The molecule has 1 rings (SSSR count). The maximum absolute atomic E-state index is 5.44. The minimum Gasteiger partial charge on any atom is -0.495 e. The van der Waals surface area contributed by atoms with E-state index in [1.54, 1.807) is 13.3 Å². The van der Waals surface area contributed by atoms with Gasteiger partial charge in [-0.05, 0) is 37.3 Å². The van der Waals surface area contributed by atoms with E-state index in [0.29, 0.717) is 11.5 Å². The number of rotatable bonds is 7. The van der Waals surface area contributed by atoms with Gasteiger partial charge in [0.05, 0.1) is 13.3 Å². The molecule has 1 unspecified atom stereocenters. The standard InChI is InChI=1S/C16H28N2O/c1-6-10-18-14(7-9-16(2,3)4)13-8-11-17-12-15(13)19-5/h8,11-12,14,18H,6-7,9-10H2,1-5H3. The molecule has 3 nitrogen and oxygen atoms in total. The van der Waals surface area contributed by atoms with Crippen LogP contribution in [0.2, 0.25) is 0 Å². The highest BCUT2D eigenvalue weighted by Crippen LogP contribution is 2.31. The van der Waals surface area contributed by atoms with Crippen LogP contribution in [0.25, 0.3) is 0 Å². The van der Waals surface area contributed by atoms with Gasteiger partial charge in [0.15, 0.2) is 0 Å². The first-order valence-corrected chi connectivity index (χ1v) is 7.19. The van der Waals surface area contributed by atoms with Gasteiger partial charge in [0.1, 0.15) is 5.75 Å². The van der Waals surface area contributed by atoms with Gasteiger partial charge in [-0.2, -0.15) is 0 Å².